The van der Waals surface area contributed by atoms with Gasteiger partial charge >= 0.3 is 0 Å². The predicted molar refractivity (Wildman–Crippen MR) is 41.9 cm³/mol. The smallest absolute Gasteiger partial charge is 0.273 e. The van der Waals surface area contributed by atoms with Gasteiger partial charge in [-0.15, -0.1) is 0 Å². The molecule has 0 atom stereocenters. The Kier molecular flexibility index (Phi) is 1.98. The summed E-state index contributed by atoms with van der Waals surface area (Å²) in [5.74, 6) is -3.10. The second-order valence-corrected chi connectivity index (χ2v) is 3.32. The van der Waals surface area contributed by atoms with E-state index in [0.717, 1.165) is 0 Å². The number of carbonyl (C=O) groups is 1. The van der Waals surface area contributed by atoms with Gasteiger partial charge in [-0.3, -0.25) is 4.79 Å². The number of halogens is 2. The number of alkyl halides is 2. The molecule has 0 radical (unpaired) electrons. The molecule has 1 aliphatic carbocycles. The van der Waals surface area contributed by atoms with Crippen molar-refractivity contribution in [2.45, 2.75) is 24.8 Å². The van der Waals surface area contributed by atoms with Crippen LogP contribution in [0.3, 0.4) is 0 Å². The molecule has 76 valence electrons. The highest BCUT2D eigenvalue weighted by atomic mass is 19.3. The van der Waals surface area contributed by atoms with Crippen LogP contribution in [0.15, 0.2) is 16.9 Å². The number of amides is 1. The van der Waals surface area contributed by atoms with E-state index in [9.17, 15) is 13.6 Å². The Labute approximate surface area is 78.3 Å². The zero-order valence-electron chi connectivity index (χ0n) is 7.17. The zero-order valence-corrected chi connectivity index (χ0v) is 7.17. The Hall–Kier alpha value is -1.46. The van der Waals surface area contributed by atoms with Crippen LogP contribution in [-0.2, 0) is 0 Å². The van der Waals surface area contributed by atoms with E-state index in [1.54, 1.807) is 0 Å². The number of aromatic nitrogens is 1. The molecule has 4 nitrogen and oxygen atoms in total. The molecule has 0 bridgehead atoms. The maximum atomic E-state index is 12.4. The van der Waals surface area contributed by atoms with Gasteiger partial charge in [0.25, 0.3) is 11.8 Å². The summed E-state index contributed by atoms with van der Waals surface area (Å²) in [6.45, 7) is 0. The highest BCUT2D eigenvalue weighted by Crippen LogP contribution is 2.37. The van der Waals surface area contributed by atoms with E-state index in [-0.39, 0.29) is 18.5 Å². The van der Waals surface area contributed by atoms with E-state index in [4.69, 9.17) is 0 Å². The zero-order chi connectivity index (χ0) is 10.2. The molecule has 1 saturated carbocycles. The molecule has 1 aliphatic rings. The van der Waals surface area contributed by atoms with Crippen molar-refractivity contribution in [2.75, 3.05) is 0 Å². The first-order chi connectivity index (χ1) is 6.57. The van der Waals surface area contributed by atoms with Crippen LogP contribution >= 0.6 is 0 Å². The molecule has 1 amide bonds. The third-order valence-corrected chi connectivity index (χ3v) is 2.10. The first kappa shape index (κ1) is 9.11. The Morgan fingerprint density at radius 2 is 2.36 bits per heavy atom. The minimum atomic E-state index is -2.62. The molecule has 1 fully saturated rings. The van der Waals surface area contributed by atoms with Gasteiger partial charge in [0.2, 0.25) is 0 Å². The first-order valence-electron chi connectivity index (χ1n) is 4.16. The number of hydrogen-bond donors (Lipinski definition) is 1. The minimum absolute atomic E-state index is 0.111. The lowest BCUT2D eigenvalue weighted by Crippen LogP contribution is -2.50. The van der Waals surface area contributed by atoms with Gasteiger partial charge in [0.15, 0.2) is 5.69 Å². The average molecular weight is 202 g/mol. The van der Waals surface area contributed by atoms with Crippen molar-refractivity contribution >= 4 is 5.91 Å². The molecule has 1 aromatic rings. The van der Waals surface area contributed by atoms with Gasteiger partial charge in [-0.05, 0) is 0 Å². The normalized spacial score (nSPS) is 20.1. The second kappa shape index (κ2) is 3.04. The molecular formula is C8H8F2N2O2. The molecular weight excluding hydrogens is 194 g/mol. The second-order valence-electron chi connectivity index (χ2n) is 3.32. The van der Waals surface area contributed by atoms with Crippen LogP contribution in [0.1, 0.15) is 23.3 Å². The number of carbonyl (C=O) groups excluding carboxylic acids is 1. The Morgan fingerprint density at radius 1 is 1.64 bits per heavy atom. The fourth-order valence-corrected chi connectivity index (χ4v) is 1.35. The average Bonchev–Trinajstić information content (AvgIpc) is 2.51. The summed E-state index contributed by atoms with van der Waals surface area (Å²) in [5.41, 5.74) is 0.111. The Bertz CT molecular complexity index is 329. The lowest BCUT2D eigenvalue weighted by atomic mass is 9.88. The summed E-state index contributed by atoms with van der Waals surface area (Å²) < 4.78 is 29.2. The molecule has 1 N–H and O–H groups in total. The van der Waals surface area contributed by atoms with Crippen LogP contribution in [0, 0.1) is 0 Å². The molecule has 0 unspecified atom stereocenters. The SMILES string of the molecule is O=C(NC1CC(F)(F)C1)c1ccon1. The van der Waals surface area contributed by atoms with E-state index in [0.29, 0.717) is 0 Å². The molecule has 0 spiro atoms. The lowest BCUT2D eigenvalue weighted by molar-refractivity contribution is -0.0901. The summed E-state index contributed by atoms with van der Waals surface area (Å²) in [6.07, 6.45) is 0.664. The minimum Gasteiger partial charge on any atom is -0.364 e. The maximum absolute atomic E-state index is 12.4. The summed E-state index contributed by atoms with van der Waals surface area (Å²) in [6, 6.07) is 0.931. The molecule has 1 aromatic heterocycles. The maximum Gasteiger partial charge on any atom is 0.273 e. The molecule has 0 aliphatic heterocycles. The van der Waals surface area contributed by atoms with Gasteiger partial charge in [-0.2, -0.15) is 0 Å². The summed E-state index contributed by atoms with van der Waals surface area (Å²) in [5, 5.41) is 5.82. The monoisotopic (exact) mass is 202 g/mol. The molecule has 2 rings (SSSR count). The largest absolute Gasteiger partial charge is 0.364 e. The van der Waals surface area contributed by atoms with Crippen LogP contribution in [0.2, 0.25) is 0 Å². The van der Waals surface area contributed by atoms with E-state index in [1.807, 2.05) is 0 Å². The highest BCUT2D eigenvalue weighted by molar-refractivity contribution is 5.92. The van der Waals surface area contributed by atoms with Crippen molar-refractivity contribution in [1.29, 1.82) is 0 Å². The van der Waals surface area contributed by atoms with Crippen LogP contribution in [0.4, 0.5) is 8.78 Å². The van der Waals surface area contributed by atoms with Gasteiger partial charge in [-0.25, -0.2) is 8.78 Å². The molecule has 0 aromatic carbocycles. The third-order valence-electron chi connectivity index (χ3n) is 2.10. The first-order valence-corrected chi connectivity index (χ1v) is 4.16. The number of nitrogens with one attached hydrogen (secondary N) is 1. The summed E-state index contributed by atoms with van der Waals surface area (Å²) in [4.78, 5) is 11.2. The van der Waals surface area contributed by atoms with Crippen molar-refractivity contribution in [2.24, 2.45) is 0 Å². The van der Waals surface area contributed by atoms with E-state index in [2.05, 4.69) is 15.0 Å². The number of hydrogen-bond acceptors (Lipinski definition) is 3. The van der Waals surface area contributed by atoms with Crippen molar-refractivity contribution in [3.8, 4) is 0 Å². The number of nitrogens with zero attached hydrogens (tertiary/aromatic N) is 1. The van der Waals surface area contributed by atoms with Gasteiger partial charge in [0.05, 0.1) is 0 Å². The fourth-order valence-electron chi connectivity index (χ4n) is 1.35. The highest BCUT2D eigenvalue weighted by Gasteiger charge is 2.46. The van der Waals surface area contributed by atoms with Gasteiger partial charge in [-0.1, -0.05) is 5.16 Å². The Balaban J connectivity index is 1.86. The molecule has 1 heterocycles. The van der Waals surface area contributed by atoms with E-state index >= 15 is 0 Å². The van der Waals surface area contributed by atoms with Crippen molar-refractivity contribution in [1.82, 2.24) is 10.5 Å². The van der Waals surface area contributed by atoms with Crippen LogP contribution in [-0.4, -0.2) is 23.0 Å². The van der Waals surface area contributed by atoms with Gasteiger partial charge < -0.3 is 9.84 Å². The third kappa shape index (κ3) is 1.73. The molecule has 14 heavy (non-hydrogen) atoms. The quantitative estimate of drug-likeness (QED) is 0.783. The van der Waals surface area contributed by atoms with Crippen LogP contribution < -0.4 is 5.32 Å². The van der Waals surface area contributed by atoms with Crippen molar-refractivity contribution < 1.29 is 18.1 Å². The predicted octanol–water partition coefficient (Wildman–Crippen LogP) is 1.20. The van der Waals surface area contributed by atoms with E-state index < -0.39 is 17.9 Å². The summed E-state index contributed by atoms with van der Waals surface area (Å²) >= 11 is 0. The van der Waals surface area contributed by atoms with Crippen molar-refractivity contribution in [3.05, 3.63) is 18.0 Å². The van der Waals surface area contributed by atoms with Gasteiger partial charge in [0.1, 0.15) is 6.26 Å². The lowest BCUT2D eigenvalue weighted by Gasteiger charge is -2.34. The summed E-state index contributed by atoms with van der Waals surface area (Å²) in [7, 11) is 0. The van der Waals surface area contributed by atoms with E-state index in [1.165, 1.54) is 12.3 Å². The Morgan fingerprint density at radius 3 is 2.86 bits per heavy atom. The number of rotatable bonds is 2. The van der Waals surface area contributed by atoms with Crippen molar-refractivity contribution in [3.63, 3.8) is 0 Å². The van der Waals surface area contributed by atoms with Crippen LogP contribution in [0.25, 0.3) is 0 Å². The van der Waals surface area contributed by atoms with Crippen LogP contribution in [0.5, 0.6) is 0 Å². The standard InChI is InChI=1S/C8H8F2N2O2/c9-8(10)3-5(4-8)11-7(13)6-1-2-14-12-6/h1-2,5H,3-4H2,(H,11,13). The molecule has 6 heteroatoms. The topological polar surface area (TPSA) is 55.1 Å². The fraction of sp³-hybridized carbons (Fsp3) is 0.500. The molecule has 0 saturated heterocycles. The van der Waals surface area contributed by atoms with Gasteiger partial charge in [0, 0.05) is 24.9 Å².